The van der Waals surface area contributed by atoms with Crippen LogP contribution in [-0.2, 0) is 4.79 Å². The molecule has 2 aromatic carbocycles. The van der Waals surface area contributed by atoms with Crippen LogP contribution in [0.3, 0.4) is 0 Å². The van der Waals surface area contributed by atoms with Crippen LogP contribution in [0.4, 0.5) is 5.13 Å². The quantitative estimate of drug-likeness (QED) is 0.406. The molecule has 0 saturated heterocycles. The van der Waals surface area contributed by atoms with Crippen LogP contribution >= 0.6 is 22.7 Å². The monoisotopic (exact) mass is 448 g/mol. The molecule has 9 heteroatoms. The topological polar surface area (TPSA) is 97.1 Å². The Bertz CT molecular complexity index is 1260. The minimum Gasteiger partial charge on any atom is -0.493 e. The lowest BCUT2D eigenvalue weighted by atomic mass is 10.1. The lowest BCUT2D eigenvalue weighted by Crippen LogP contribution is -2.20. The summed E-state index contributed by atoms with van der Waals surface area (Å²) >= 11 is 2.80. The Morgan fingerprint density at radius 1 is 1.26 bits per heavy atom. The van der Waals surface area contributed by atoms with Gasteiger partial charge in [0.25, 0.3) is 5.91 Å². The third-order valence-corrected chi connectivity index (χ3v) is 5.94. The summed E-state index contributed by atoms with van der Waals surface area (Å²) < 4.78 is 12.0. The van der Waals surface area contributed by atoms with Crippen molar-refractivity contribution in [2.45, 2.75) is 0 Å². The molecule has 2 aromatic heterocycles. The molecule has 1 N–H and O–H groups in total. The third kappa shape index (κ3) is 4.88. The van der Waals surface area contributed by atoms with Crippen LogP contribution in [0.15, 0.2) is 54.0 Å². The number of ether oxygens (including phenoxy) is 2. The highest BCUT2D eigenvalue weighted by atomic mass is 32.1. The maximum absolute atomic E-state index is 12.0. The van der Waals surface area contributed by atoms with E-state index in [1.165, 1.54) is 29.8 Å². The smallest absolute Gasteiger partial charge is 0.264 e. The van der Waals surface area contributed by atoms with Gasteiger partial charge in [-0.3, -0.25) is 10.1 Å². The fourth-order valence-electron chi connectivity index (χ4n) is 2.77. The number of thiazole rings is 2. The predicted molar refractivity (Wildman–Crippen MR) is 122 cm³/mol. The first-order valence-corrected chi connectivity index (χ1v) is 10.8. The first kappa shape index (κ1) is 20.5. The number of carbonyl (C=O) groups is 1. The maximum atomic E-state index is 12.0. The molecule has 0 unspecified atom stereocenters. The molecule has 4 rings (SSSR count). The number of hydrogen-bond donors (Lipinski definition) is 1. The first-order chi connectivity index (χ1) is 15.2. The predicted octanol–water partition coefficient (Wildman–Crippen LogP) is 4.84. The number of amides is 1. The van der Waals surface area contributed by atoms with Gasteiger partial charge in [-0.1, -0.05) is 18.2 Å². The van der Waals surface area contributed by atoms with Gasteiger partial charge in [-0.25, -0.2) is 9.97 Å². The highest BCUT2D eigenvalue weighted by Gasteiger charge is 2.12. The van der Waals surface area contributed by atoms with Crippen LogP contribution in [0.1, 0.15) is 10.6 Å². The Balaban J connectivity index is 1.51. The minimum absolute atomic E-state index is 0.180. The van der Waals surface area contributed by atoms with Gasteiger partial charge in [0.05, 0.1) is 22.9 Å². The third-order valence-electron chi connectivity index (χ3n) is 4.18. The largest absolute Gasteiger partial charge is 0.493 e. The van der Waals surface area contributed by atoms with Gasteiger partial charge in [-0.15, -0.1) is 22.7 Å². The molecular formula is C22H16N4O3S2. The number of carbonyl (C=O) groups excluding carboxylic acids is 1. The minimum atomic E-state index is -0.316. The Hall–Kier alpha value is -3.74. The molecule has 154 valence electrons. The molecule has 0 fully saturated rings. The van der Waals surface area contributed by atoms with Crippen molar-refractivity contribution in [3.05, 3.63) is 64.6 Å². The fourth-order valence-corrected chi connectivity index (χ4v) is 4.25. The van der Waals surface area contributed by atoms with Gasteiger partial charge in [-0.2, -0.15) is 5.26 Å². The van der Waals surface area contributed by atoms with Crippen LogP contribution in [0.2, 0.25) is 0 Å². The Kier molecular flexibility index (Phi) is 6.21. The van der Waals surface area contributed by atoms with E-state index >= 15 is 0 Å². The lowest BCUT2D eigenvalue weighted by Gasteiger charge is -2.11. The summed E-state index contributed by atoms with van der Waals surface area (Å²) in [7, 11) is 1.52. The summed E-state index contributed by atoms with van der Waals surface area (Å²) in [6.07, 6.45) is 3.36. The summed E-state index contributed by atoms with van der Waals surface area (Å²) in [5, 5.41) is 15.2. The summed E-state index contributed by atoms with van der Waals surface area (Å²) in [6.45, 7) is -0.180. The Morgan fingerprint density at radius 2 is 2.13 bits per heavy atom. The number of benzene rings is 2. The standard InChI is InChI=1S/C22H16N4O3S2/c1-28-18-11-14(6-7-17(18)29-13-20(27)26-22-24-8-9-30-22)10-15(12-23)21-25-16-4-2-3-5-19(16)31-21/h2-11H,13H2,1H3,(H,24,26,27)/b15-10+. The molecule has 1 amide bonds. The van der Waals surface area contributed by atoms with Crippen molar-refractivity contribution in [3.63, 3.8) is 0 Å². The molecule has 0 aliphatic rings. The van der Waals surface area contributed by atoms with Crippen LogP contribution in [0.5, 0.6) is 11.5 Å². The van der Waals surface area contributed by atoms with Crippen LogP contribution < -0.4 is 14.8 Å². The molecule has 31 heavy (non-hydrogen) atoms. The number of methoxy groups -OCH3 is 1. The van der Waals surface area contributed by atoms with Crippen LogP contribution in [-0.4, -0.2) is 29.6 Å². The molecule has 0 bridgehead atoms. The van der Waals surface area contributed by atoms with E-state index in [1.807, 2.05) is 24.3 Å². The van der Waals surface area contributed by atoms with Crippen molar-refractivity contribution in [2.24, 2.45) is 0 Å². The second-order valence-corrected chi connectivity index (χ2v) is 8.17. The number of anilines is 1. The van der Waals surface area contributed by atoms with E-state index in [0.29, 0.717) is 27.2 Å². The molecule has 4 aromatic rings. The second kappa shape index (κ2) is 9.38. The van der Waals surface area contributed by atoms with E-state index in [4.69, 9.17) is 9.47 Å². The number of nitrogens with zero attached hydrogens (tertiary/aromatic N) is 3. The number of nitriles is 1. The average molecular weight is 449 g/mol. The van der Waals surface area contributed by atoms with Crippen molar-refractivity contribution in [2.75, 3.05) is 19.0 Å². The number of fused-ring (bicyclic) bond motifs is 1. The van der Waals surface area contributed by atoms with Crippen LogP contribution in [0.25, 0.3) is 21.9 Å². The zero-order valence-electron chi connectivity index (χ0n) is 16.4. The molecule has 0 aliphatic carbocycles. The summed E-state index contributed by atoms with van der Waals surface area (Å²) in [5.74, 6) is 0.563. The van der Waals surface area contributed by atoms with Gasteiger partial charge < -0.3 is 9.47 Å². The highest BCUT2D eigenvalue weighted by Crippen LogP contribution is 2.31. The summed E-state index contributed by atoms with van der Waals surface area (Å²) in [4.78, 5) is 20.5. The molecule has 0 spiro atoms. The fraction of sp³-hybridized carbons (Fsp3) is 0.0909. The maximum Gasteiger partial charge on any atom is 0.264 e. The zero-order valence-corrected chi connectivity index (χ0v) is 18.0. The second-order valence-electron chi connectivity index (χ2n) is 6.24. The number of hydrogen-bond acceptors (Lipinski definition) is 8. The van der Waals surface area contributed by atoms with E-state index in [2.05, 4.69) is 21.4 Å². The highest BCUT2D eigenvalue weighted by molar-refractivity contribution is 7.19. The average Bonchev–Trinajstić information content (AvgIpc) is 3.45. The molecule has 2 heterocycles. The normalized spacial score (nSPS) is 11.2. The van der Waals surface area contributed by atoms with E-state index in [0.717, 1.165) is 15.8 Å². The molecule has 0 radical (unpaired) electrons. The molecule has 0 atom stereocenters. The zero-order chi connectivity index (χ0) is 21.6. The molecular weight excluding hydrogens is 432 g/mol. The summed E-state index contributed by atoms with van der Waals surface area (Å²) in [5.41, 5.74) is 2.08. The Labute approximate surface area is 186 Å². The van der Waals surface area contributed by atoms with Gasteiger partial charge >= 0.3 is 0 Å². The first-order valence-electron chi connectivity index (χ1n) is 9.14. The van der Waals surface area contributed by atoms with Gasteiger partial charge in [0.1, 0.15) is 11.1 Å². The number of aromatic nitrogens is 2. The lowest BCUT2D eigenvalue weighted by molar-refractivity contribution is -0.118. The molecule has 7 nitrogen and oxygen atoms in total. The Morgan fingerprint density at radius 3 is 2.87 bits per heavy atom. The van der Waals surface area contributed by atoms with Crippen LogP contribution in [0, 0.1) is 11.3 Å². The van der Waals surface area contributed by atoms with Gasteiger partial charge in [0, 0.05) is 11.6 Å². The van der Waals surface area contributed by atoms with E-state index < -0.39 is 0 Å². The van der Waals surface area contributed by atoms with Crippen molar-refractivity contribution >= 4 is 55.6 Å². The van der Waals surface area contributed by atoms with Gasteiger partial charge in [0.15, 0.2) is 23.2 Å². The SMILES string of the molecule is COc1cc(/C=C(\C#N)c2nc3ccccc3s2)ccc1OCC(=O)Nc1nccs1. The molecule has 0 aliphatic heterocycles. The van der Waals surface area contributed by atoms with E-state index in [1.54, 1.807) is 35.9 Å². The summed E-state index contributed by atoms with van der Waals surface area (Å²) in [6, 6.07) is 15.2. The van der Waals surface area contributed by atoms with Crippen molar-refractivity contribution in [1.82, 2.24) is 9.97 Å². The van der Waals surface area contributed by atoms with Gasteiger partial charge in [-0.05, 0) is 35.9 Å². The van der Waals surface area contributed by atoms with Crippen molar-refractivity contribution < 1.29 is 14.3 Å². The van der Waals surface area contributed by atoms with E-state index in [9.17, 15) is 10.1 Å². The number of rotatable bonds is 7. The number of nitrogens with one attached hydrogen (secondary N) is 1. The van der Waals surface area contributed by atoms with Crippen molar-refractivity contribution in [1.29, 1.82) is 5.26 Å². The van der Waals surface area contributed by atoms with Crippen molar-refractivity contribution in [3.8, 4) is 17.6 Å². The van der Waals surface area contributed by atoms with Gasteiger partial charge in [0.2, 0.25) is 0 Å². The number of allylic oxidation sites excluding steroid dienone is 1. The number of para-hydroxylation sites is 1. The molecule has 0 saturated carbocycles. The van der Waals surface area contributed by atoms with E-state index in [-0.39, 0.29) is 12.5 Å².